The van der Waals surface area contributed by atoms with Crippen molar-refractivity contribution in [1.82, 2.24) is 10.6 Å². The van der Waals surface area contributed by atoms with Gasteiger partial charge in [0.1, 0.15) is 11.6 Å². The smallest absolute Gasteiger partial charge is 0.244 e. The van der Waals surface area contributed by atoms with E-state index in [1.165, 1.54) is 36.4 Å². The van der Waals surface area contributed by atoms with Gasteiger partial charge in [0.05, 0.1) is 0 Å². The molecular weight excluding hydrogens is 350 g/mol. The average Bonchev–Trinajstić information content (AvgIpc) is 2.65. The van der Waals surface area contributed by atoms with Crippen LogP contribution in [0, 0.1) is 11.6 Å². The third-order valence-electron chi connectivity index (χ3n) is 3.57. The van der Waals surface area contributed by atoms with Gasteiger partial charge in [-0.2, -0.15) is 0 Å². The van der Waals surface area contributed by atoms with Crippen LogP contribution in [0.15, 0.2) is 60.7 Å². The SMILES string of the molecule is CC(CNC(=O)C=Cc1ccc(F)cc1)NC(=O)C=Cc1ccc(F)cc1. The second-order valence-corrected chi connectivity index (χ2v) is 5.92. The Hall–Kier alpha value is -3.28. The minimum atomic E-state index is -0.338. The zero-order valence-electron chi connectivity index (χ0n) is 14.8. The van der Waals surface area contributed by atoms with E-state index in [0.29, 0.717) is 11.1 Å². The van der Waals surface area contributed by atoms with Crippen LogP contribution < -0.4 is 10.6 Å². The number of hydrogen-bond acceptors (Lipinski definition) is 2. The first-order valence-electron chi connectivity index (χ1n) is 8.38. The van der Waals surface area contributed by atoms with Crippen LogP contribution in [-0.4, -0.2) is 24.4 Å². The Kier molecular flexibility index (Phi) is 7.43. The summed E-state index contributed by atoms with van der Waals surface area (Å²) in [6, 6.07) is 11.2. The quantitative estimate of drug-likeness (QED) is 0.735. The van der Waals surface area contributed by atoms with Gasteiger partial charge in [0.15, 0.2) is 0 Å². The highest BCUT2D eigenvalue weighted by molar-refractivity contribution is 5.92. The van der Waals surface area contributed by atoms with Crippen molar-refractivity contribution in [3.63, 3.8) is 0 Å². The van der Waals surface area contributed by atoms with Gasteiger partial charge in [-0.05, 0) is 54.5 Å². The lowest BCUT2D eigenvalue weighted by molar-refractivity contribution is -0.118. The van der Waals surface area contributed by atoms with E-state index in [9.17, 15) is 18.4 Å². The zero-order valence-corrected chi connectivity index (χ0v) is 14.8. The first kappa shape index (κ1) is 20.0. The molecule has 1 unspecified atom stereocenters. The molecule has 0 heterocycles. The van der Waals surface area contributed by atoms with Crippen LogP contribution in [0.5, 0.6) is 0 Å². The number of carbonyl (C=O) groups excluding carboxylic acids is 2. The van der Waals surface area contributed by atoms with E-state index >= 15 is 0 Å². The summed E-state index contributed by atoms with van der Waals surface area (Å²) in [6.45, 7) is 2.01. The van der Waals surface area contributed by atoms with Crippen LogP contribution in [0.25, 0.3) is 12.2 Å². The van der Waals surface area contributed by atoms with Crippen molar-refractivity contribution in [1.29, 1.82) is 0 Å². The van der Waals surface area contributed by atoms with Crippen molar-refractivity contribution in [2.45, 2.75) is 13.0 Å². The Morgan fingerprint density at radius 2 is 1.30 bits per heavy atom. The Balaban J connectivity index is 1.73. The van der Waals surface area contributed by atoms with Crippen LogP contribution in [0.4, 0.5) is 8.78 Å². The molecule has 0 aliphatic carbocycles. The van der Waals surface area contributed by atoms with E-state index in [-0.39, 0.29) is 36.0 Å². The molecule has 0 saturated heterocycles. The molecule has 6 heteroatoms. The van der Waals surface area contributed by atoms with Crippen LogP contribution >= 0.6 is 0 Å². The molecule has 140 valence electrons. The minimum Gasteiger partial charge on any atom is -0.351 e. The molecule has 4 nitrogen and oxygen atoms in total. The number of carbonyl (C=O) groups is 2. The molecule has 2 aromatic rings. The number of benzene rings is 2. The lowest BCUT2D eigenvalue weighted by Gasteiger charge is -2.12. The van der Waals surface area contributed by atoms with E-state index in [1.807, 2.05) is 0 Å². The van der Waals surface area contributed by atoms with Gasteiger partial charge in [0, 0.05) is 24.7 Å². The Labute approximate surface area is 156 Å². The highest BCUT2D eigenvalue weighted by Gasteiger charge is 2.05. The molecule has 2 amide bonds. The first-order chi connectivity index (χ1) is 12.9. The van der Waals surface area contributed by atoms with E-state index in [2.05, 4.69) is 10.6 Å². The normalized spacial score (nSPS) is 12.3. The summed E-state index contributed by atoms with van der Waals surface area (Å²) in [5.74, 6) is -1.31. The van der Waals surface area contributed by atoms with Crippen LogP contribution in [0.2, 0.25) is 0 Å². The predicted molar refractivity (Wildman–Crippen MR) is 101 cm³/mol. The van der Waals surface area contributed by atoms with Gasteiger partial charge in [-0.1, -0.05) is 24.3 Å². The fraction of sp³-hybridized carbons (Fsp3) is 0.143. The average molecular weight is 370 g/mol. The molecule has 0 aliphatic heterocycles. The second kappa shape index (κ2) is 10.0. The second-order valence-electron chi connectivity index (χ2n) is 5.92. The van der Waals surface area contributed by atoms with Gasteiger partial charge in [0.2, 0.25) is 11.8 Å². The summed E-state index contributed by atoms with van der Waals surface area (Å²) in [7, 11) is 0. The van der Waals surface area contributed by atoms with Crippen molar-refractivity contribution in [3.05, 3.63) is 83.4 Å². The monoisotopic (exact) mass is 370 g/mol. The minimum absolute atomic E-state index is 0.253. The molecule has 0 bridgehead atoms. The Morgan fingerprint density at radius 3 is 1.78 bits per heavy atom. The molecular formula is C21H20F2N2O2. The topological polar surface area (TPSA) is 58.2 Å². The van der Waals surface area contributed by atoms with Gasteiger partial charge in [-0.3, -0.25) is 9.59 Å². The fourth-order valence-electron chi connectivity index (χ4n) is 2.15. The van der Waals surface area contributed by atoms with E-state index in [0.717, 1.165) is 0 Å². The fourth-order valence-corrected chi connectivity index (χ4v) is 2.15. The van der Waals surface area contributed by atoms with Gasteiger partial charge in [0.25, 0.3) is 0 Å². The Morgan fingerprint density at radius 1 is 0.852 bits per heavy atom. The van der Waals surface area contributed by atoms with Gasteiger partial charge >= 0.3 is 0 Å². The Bertz CT molecular complexity index is 828. The maximum atomic E-state index is 12.8. The summed E-state index contributed by atoms with van der Waals surface area (Å²) in [4.78, 5) is 23.6. The van der Waals surface area contributed by atoms with Crippen LogP contribution in [0.1, 0.15) is 18.1 Å². The molecule has 0 saturated carbocycles. The summed E-state index contributed by atoms with van der Waals surface area (Å²) in [6.07, 6.45) is 5.84. The van der Waals surface area contributed by atoms with Crippen molar-refractivity contribution >= 4 is 24.0 Å². The molecule has 0 spiro atoms. The van der Waals surface area contributed by atoms with E-state index in [4.69, 9.17) is 0 Å². The third kappa shape index (κ3) is 7.64. The summed E-state index contributed by atoms with van der Waals surface area (Å²) in [5.41, 5.74) is 1.41. The largest absolute Gasteiger partial charge is 0.351 e. The third-order valence-corrected chi connectivity index (χ3v) is 3.57. The molecule has 0 radical (unpaired) electrons. The first-order valence-corrected chi connectivity index (χ1v) is 8.38. The number of rotatable bonds is 7. The summed E-state index contributed by atoms with van der Waals surface area (Å²) in [5, 5.41) is 5.39. The maximum absolute atomic E-state index is 12.8. The highest BCUT2D eigenvalue weighted by Crippen LogP contribution is 2.05. The van der Waals surface area contributed by atoms with Crippen LogP contribution in [0.3, 0.4) is 0 Å². The standard InChI is InChI=1S/C21H20F2N2O2/c1-15(25-21(27)13-7-17-4-10-19(23)11-5-17)14-24-20(26)12-6-16-2-8-18(22)9-3-16/h2-13,15H,14H2,1H3,(H,24,26)(H,25,27). The van der Waals surface area contributed by atoms with E-state index in [1.54, 1.807) is 43.3 Å². The highest BCUT2D eigenvalue weighted by atomic mass is 19.1. The number of nitrogens with one attached hydrogen (secondary N) is 2. The zero-order chi connectivity index (χ0) is 19.6. The van der Waals surface area contributed by atoms with Crippen molar-refractivity contribution in [2.24, 2.45) is 0 Å². The van der Waals surface area contributed by atoms with Crippen molar-refractivity contribution in [2.75, 3.05) is 6.54 Å². The molecule has 0 aliphatic rings. The number of hydrogen-bond donors (Lipinski definition) is 2. The molecule has 27 heavy (non-hydrogen) atoms. The summed E-state index contributed by atoms with van der Waals surface area (Å²) >= 11 is 0. The predicted octanol–water partition coefficient (Wildman–Crippen LogP) is 3.31. The van der Waals surface area contributed by atoms with Crippen molar-refractivity contribution in [3.8, 4) is 0 Å². The lowest BCUT2D eigenvalue weighted by atomic mass is 10.2. The molecule has 1 atom stereocenters. The lowest BCUT2D eigenvalue weighted by Crippen LogP contribution is -2.40. The maximum Gasteiger partial charge on any atom is 0.244 e. The van der Waals surface area contributed by atoms with Crippen LogP contribution in [-0.2, 0) is 9.59 Å². The molecule has 2 N–H and O–H groups in total. The molecule has 2 aromatic carbocycles. The van der Waals surface area contributed by atoms with Gasteiger partial charge in [-0.15, -0.1) is 0 Å². The number of amides is 2. The molecule has 0 fully saturated rings. The van der Waals surface area contributed by atoms with Crippen molar-refractivity contribution < 1.29 is 18.4 Å². The molecule has 0 aromatic heterocycles. The number of halogens is 2. The summed E-state index contributed by atoms with van der Waals surface area (Å²) < 4.78 is 25.6. The van der Waals surface area contributed by atoms with Gasteiger partial charge in [-0.25, -0.2) is 8.78 Å². The van der Waals surface area contributed by atoms with Gasteiger partial charge < -0.3 is 10.6 Å². The van der Waals surface area contributed by atoms with E-state index < -0.39 is 0 Å². The molecule has 2 rings (SSSR count).